The molecule has 0 unspecified atom stereocenters. The Bertz CT molecular complexity index is 374. The van der Waals surface area contributed by atoms with Gasteiger partial charge in [0.15, 0.2) is 0 Å². The first-order valence-corrected chi connectivity index (χ1v) is 7.12. The fourth-order valence-electron chi connectivity index (χ4n) is 1.94. The Morgan fingerprint density at radius 3 is 2.88 bits per heavy atom. The van der Waals surface area contributed by atoms with Gasteiger partial charge in [0.1, 0.15) is 0 Å². The molecule has 0 amide bonds. The van der Waals surface area contributed by atoms with Gasteiger partial charge in [-0.25, -0.2) is 0 Å². The molecule has 1 fully saturated rings. The molecule has 0 saturated heterocycles. The Labute approximate surface area is 113 Å². The molecule has 0 atom stereocenters. The standard InChI is InChI=1S/C14H21BrN2/c1-11-12(4-3-5-14(11)15)10-17(2)9-8-16-13-6-7-13/h3-5,13,16H,6-10H2,1-2H3. The van der Waals surface area contributed by atoms with Gasteiger partial charge in [-0.3, -0.25) is 0 Å². The van der Waals surface area contributed by atoms with Crippen molar-refractivity contribution in [3.63, 3.8) is 0 Å². The van der Waals surface area contributed by atoms with Crippen molar-refractivity contribution in [2.75, 3.05) is 20.1 Å². The van der Waals surface area contributed by atoms with Crippen molar-refractivity contribution in [1.29, 1.82) is 0 Å². The number of nitrogens with zero attached hydrogens (tertiary/aromatic N) is 1. The van der Waals surface area contributed by atoms with Gasteiger partial charge in [0, 0.05) is 30.1 Å². The van der Waals surface area contributed by atoms with E-state index in [2.05, 4.69) is 58.3 Å². The van der Waals surface area contributed by atoms with Crippen molar-refractivity contribution in [2.45, 2.75) is 32.4 Å². The molecule has 1 N–H and O–H groups in total. The fourth-order valence-corrected chi connectivity index (χ4v) is 2.35. The van der Waals surface area contributed by atoms with E-state index in [1.165, 1.54) is 28.4 Å². The largest absolute Gasteiger partial charge is 0.313 e. The number of hydrogen-bond acceptors (Lipinski definition) is 2. The molecule has 0 aliphatic heterocycles. The predicted octanol–water partition coefficient (Wildman–Crippen LogP) is 2.94. The normalized spacial score (nSPS) is 15.5. The highest BCUT2D eigenvalue weighted by atomic mass is 79.9. The van der Waals surface area contributed by atoms with E-state index in [1.807, 2.05) is 0 Å². The number of benzene rings is 1. The van der Waals surface area contributed by atoms with Crippen LogP contribution >= 0.6 is 15.9 Å². The second-order valence-corrected chi connectivity index (χ2v) is 5.84. The van der Waals surface area contributed by atoms with E-state index < -0.39 is 0 Å². The minimum Gasteiger partial charge on any atom is -0.313 e. The maximum absolute atomic E-state index is 3.59. The smallest absolute Gasteiger partial charge is 0.0234 e. The van der Waals surface area contributed by atoms with Crippen LogP contribution < -0.4 is 5.32 Å². The summed E-state index contributed by atoms with van der Waals surface area (Å²) in [6, 6.07) is 7.25. The van der Waals surface area contributed by atoms with Gasteiger partial charge in [-0.05, 0) is 44.0 Å². The summed E-state index contributed by atoms with van der Waals surface area (Å²) < 4.78 is 1.21. The number of hydrogen-bond donors (Lipinski definition) is 1. The average Bonchev–Trinajstić information content (AvgIpc) is 3.09. The number of likely N-dealkylation sites (N-methyl/N-ethyl adjacent to an activating group) is 1. The Morgan fingerprint density at radius 2 is 2.18 bits per heavy atom. The Morgan fingerprint density at radius 1 is 1.41 bits per heavy atom. The second kappa shape index (κ2) is 5.98. The van der Waals surface area contributed by atoms with Crippen molar-refractivity contribution in [2.24, 2.45) is 0 Å². The molecule has 17 heavy (non-hydrogen) atoms. The number of halogens is 1. The lowest BCUT2D eigenvalue weighted by Crippen LogP contribution is -2.30. The van der Waals surface area contributed by atoms with E-state index in [4.69, 9.17) is 0 Å². The van der Waals surface area contributed by atoms with Gasteiger partial charge in [0.25, 0.3) is 0 Å². The van der Waals surface area contributed by atoms with Gasteiger partial charge in [-0.1, -0.05) is 28.1 Å². The van der Waals surface area contributed by atoms with Crippen LogP contribution in [0.2, 0.25) is 0 Å². The summed E-state index contributed by atoms with van der Waals surface area (Å²) in [6.07, 6.45) is 2.74. The van der Waals surface area contributed by atoms with E-state index in [-0.39, 0.29) is 0 Å². The Kier molecular flexibility index (Phi) is 4.60. The third-order valence-corrected chi connectivity index (χ3v) is 4.18. The molecule has 0 bridgehead atoms. The van der Waals surface area contributed by atoms with E-state index in [1.54, 1.807) is 0 Å². The van der Waals surface area contributed by atoms with Gasteiger partial charge in [0.05, 0.1) is 0 Å². The van der Waals surface area contributed by atoms with Crippen LogP contribution in [0.1, 0.15) is 24.0 Å². The van der Waals surface area contributed by atoms with Gasteiger partial charge < -0.3 is 10.2 Å². The maximum atomic E-state index is 3.59. The van der Waals surface area contributed by atoms with Gasteiger partial charge >= 0.3 is 0 Å². The Hall–Kier alpha value is -0.380. The first-order valence-electron chi connectivity index (χ1n) is 6.32. The van der Waals surface area contributed by atoms with E-state index in [0.29, 0.717) is 0 Å². The predicted molar refractivity (Wildman–Crippen MR) is 76.2 cm³/mol. The molecule has 0 heterocycles. The molecule has 0 spiro atoms. The minimum absolute atomic E-state index is 0.816. The molecular weight excluding hydrogens is 276 g/mol. The first kappa shape index (κ1) is 13.1. The van der Waals surface area contributed by atoms with E-state index in [9.17, 15) is 0 Å². The van der Waals surface area contributed by atoms with Crippen LogP contribution in [0, 0.1) is 6.92 Å². The van der Waals surface area contributed by atoms with Crippen LogP contribution in [0.25, 0.3) is 0 Å². The molecule has 0 aromatic heterocycles. The van der Waals surface area contributed by atoms with Crippen molar-refractivity contribution in [3.8, 4) is 0 Å². The van der Waals surface area contributed by atoms with Crippen LogP contribution in [0.15, 0.2) is 22.7 Å². The van der Waals surface area contributed by atoms with Gasteiger partial charge in [0.2, 0.25) is 0 Å². The molecule has 1 aliphatic rings. The van der Waals surface area contributed by atoms with Crippen molar-refractivity contribution >= 4 is 15.9 Å². The van der Waals surface area contributed by atoms with Crippen molar-refractivity contribution in [3.05, 3.63) is 33.8 Å². The minimum atomic E-state index is 0.816. The van der Waals surface area contributed by atoms with Crippen molar-refractivity contribution < 1.29 is 0 Å². The van der Waals surface area contributed by atoms with Crippen LogP contribution in [-0.2, 0) is 6.54 Å². The molecule has 94 valence electrons. The summed E-state index contributed by atoms with van der Waals surface area (Å²) in [5.74, 6) is 0. The fraction of sp³-hybridized carbons (Fsp3) is 0.571. The van der Waals surface area contributed by atoms with Crippen molar-refractivity contribution in [1.82, 2.24) is 10.2 Å². The Balaban J connectivity index is 1.79. The summed E-state index contributed by atoms with van der Waals surface area (Å²) in [4.78, 5) is 2.38. The molecule has 3 heteroatoms. The highest BCUT2D eigenvalue weighted by molar-refractivity contribution is 9.10. The summed E-state index contributed by atoms with van der Waals surface area (Å²) in [6.45, 7) is 5.42. The highest BCUT2D eigenvalue weighted by Gasteiger charge is 2.19. The zero-order chi connectivity index (χ0) is 12.3. The van der Waals surface area contributed by atoms with Crippen LogP contribution in [0.5, 0.6) is 0 Å². The molecule has 2 rings (SSSR count). The molecule has 1 aliphatic carbocycles. The van der Waals surface area contributed by atoms with Gasteiger partial charge in [-0.2, -0.15) is 0 Å². The lowest BCUT2D eigenvalue weighted by atomic mass is 10.1. The molecule has 1 saturated carbocycles. The second-order valence-electron chi connectivity index (χ2n) is 4.99. The number of nitrogens with one attached hydrogen (secondary N) is 1. The monoisotopic (exact) mass is 296 g/mol. The summed E-state index contributed by atoms with van der Waals surface area (Å²) >= 11 is 3.59. The maximum Gasteiger partial charge on any atom is 0.0234 e. The number of rotatable bonds is 6. The zero-order valence-corrected chi connectivity index (χ0v) is 12.3. The summed E-state index contributed by atoms with van der Waals surface area (Å²) in [5.41, 5.74) is 2.77. The zero-order valence-electron chi connectivity index (χ0n) is 10.7. The molecule has 0 radical (unpaired) electrons. The lowest BCUT2D eigenvalue weighted by Gasteiger charge is -2.18. The quantitative estimate of drug-likeness (QED) is 0.868. The average molecular weight is 297 g/mol. The molecular formula is C14H21BrN2. The molecule has 1 aromatic carbocycles. The van der Waals surface area contributed by atoms with E-state index in [0.717, 1.165) is 25.7 Å². The first-order chi connectivity index (χ1) is 8.16. The van der Waals surface area contributed by atoms with Crippen LogP contribution in [0.3, 0.4) is 0 Å². The van der Waals surface area contributed by atoms with Crippen LogP contribution in [-0.4, -0.2) is 31.1 Å². The summed E-state index contributed by atoms with van der Waals surface area (Å²) in [7, 11) is 2.19. The topological polar surface area (TPSA) is 15.3 Å². The molecule has 1 aromatic rings. The highest BCUT2D eigenvalue weighted by Crippen LogP contribution is 2.20. The lowest BCUT2D eigenvalue weighted by molar-refractivity contribution is 0.323. The molecule has 2 nitrogen and oxygen atoms in total. The third-order valence-electron chi connectivity index (χ3n) is 3.32. The summed E-state index contributed by atoms with van der Waals surface area (Å²) in [5, 5.41) is 3.55. The third kappa shape index (κ3) is 4.09. The van der Waals surface area contributed by atoms with Crippen LogP contribution in [0.4, 0.5) is 0 Å². The SMILES string of the molecule is Cc1c(Br)cccc1CN(C)CCNC1CC1. The van der Waals surface area contributed by atoms with E-state index >= 15 is 0 Å². The van der Waals surface area contributed by atoms with Gasteiger partial charge in [-0.15, -0.1) is 0 Å².